The Morgan fingerprint density at radius 1 is 1.14 bits per heavy atom. The molecule has 0 fully saturated rings. The number of aliphatic hydroxyl groups is 1. The van der Waals surface area contributed by atoms with Crippen molar-refractivity contribution in [3.8, 4) is 5.75 Å². The van der Waals surface area contributed by atoms with Crippen LogP contribution in [0.3, 0.4) is 0 Å². The fourth-order valence-electron chi connectivity index (χ4n) is 2.34. The van der Waals surface area contributed by atoms with Crippen LogP contribution in [-0.2, 0) is 0 Å². The summed E-state index contributed by atoms with van der Waals surface area (Å²) in [5, 5.41) is 10.5. The third-order valence-corrected chi connectivity index (χ3v) is 3.44. The molecule has 0 radical (unpaired) electrons. The largest absolute Gasteiger partial charge is 0.494 e. The summed E-state index contributed by atoms with van der Waals surface area (Å²) in [6.07, 6.45) is -0.785. The first kappa shape index (κ1) is 15.5. The summed E-state index contributed by atoms with van der Waals surface area (Å²) in [6.45, 7) is 2.74. The van der Waals surface area contributed by atoms with E-state index in [4.69, 9.17) is 10.5 Å². The van der Waals surface area contributed by atoms with Crippen molar-refractivity contribution in [2.45, 2.75) is 18.9 Å². The molecule has 3 N–H and O–H groups in total. The van der Waals surface area contributed by atoms with Crippen LogP contribution in [0.25, 0.3) is 0 Å². The van der Waals surface area contributed by atoms with Crippen LogP contribution in [0.2, 0.25) is 0 Å². The molecule has 4 heteroatoms. The van der Waals surface area contributed by atoms with E-state index in [0.29, 0.717) is 12.2 Å². The first-order valence-electron chi connectivity index (χ1n) is 7.02. The van der Waals surface area contributed by atoms with E-state index in [1.807, 2.05) is 6.92 Å². The maximum atomic E-state index is 13.3. The molecule has 2 atom stereocenters. The molecule has 0 spiro atoms. The van der Waals surface area contributed by atoms with E-state index < -0.39 is 6.10 Å². The average Bonchev–Trinajstić information content (AvgIpc) is 2.49. The van der Waals surface area contributed by atoms with Crippen molar-refractivity contribution in [1.82, 2.24) is 0 Å². The van der Waals surface area contributed by atoms with E-state index >= 15 is 0 Å². The molecule has 21 heavy (non-hydrogen) atoms. The first-order chi connectivity index (χ1) is 10.2. The Labute approximate surface area is 124 Å². The molecule has 0 saturated carbocycles. The lowest BCUT2D eigenvalue weighted by atomic mass is 9.89. The van der Waals surface area contributed by atoms with Gasteiger partial charge in [-0.2, -0.15) is 0 Å². The molecule has 0 amide bonds. The second-order valence-corrected chi connectivity index (χ2v) is 4.84. The highest BCUT2D eigenvalue weighted by molar-refractivity contribution is 5.32. The molecule has 0 saturated heterocycles. The van der Waals surface area contributed by atoms with Crippen molar-refractivity contribution in [2.75, 3.05) is 13.2 Å². The van der Waals surface area contributed by atoms with Crippen LogP contribution >= 0.6 is 0 Å². The molecule has 0 aliphatic carbocycles. The fraction of sp³-hybridized carbons (Fsp3) is 0.294. The van der Waals surface area contributed by atoms with Crippen molar-refractivity contribution in [2.24, 2.45) is 5.73 Å². The van der Waals surface area contributed by atoms with Crippen molar-refractivity contribution in [3.05, 3.63) is 65.5 Å². The summed E-state index contributed by atoms with van der Waals surface area (Å²) in [4.78, 5) is 0. The van der Waals surface area contributed by atoms with Gasteiger partial charge in [-0.05, 0) is 42.3 Å². The molecule has 0 aliphatic rings. The minimum absolute atomic E-state index is 0.234. The van der Waals surface area contributed by atoms with E-state index in [-0.39, 0.29) is 18.3 Å². The number of hydrogen-bond acceptors (Lipinski definition) is 3. The number of hydrogen-bond donors (Lipinski definition) is 2. The topological polar surface area (TPSA) is 55.5 Å². The zero-order chi connectivity index (χ0) is 15.2. The fourth-order valence-corrected chi connectivity index (χ4v) is 2.34. The van der Waals surface area contributed by atoms with Crippen molar-refractivity contribution < 1.29 is 14.2 Å². The molecular formula is C17H20FNO2. The van der Waals surface area contributed by atoms with Gasteiger partial charge in [-0.15, -0.1) is 0 Å². The van der Waals surface area contributed by atoms with Gasteiger partial charge in [-0.1, -0.05) is 24.3 Å². The number of rotatable bonds is 6. The first-order valence-corrected chi connectivity index (χ1v) is 7.02. The lowest BCUT2D eigenvalue weighted by Crippen LogP contribution is -2.20. The molecule has 2 aromatic carbocycles. The van der Waals surface area contributed by atoms with Gasteiger partial charge < -0.3 is 15.6 Å². The van der Waals surface area contributed by atoms with Crippen molar-refractivity contribution in [3.63, 3.8) is 0 Å². The zero-order valence-corrected chi connectivity index (χ0v) is 12.0. The van der Waals surface area contributed by atoms with Gasteiger partial charge in [0, 0.05) is 12.5 Å². The summed E-state index contributed by atoms with van der Waals surface area (Å²) < 4.78 is 18.7. The van der Waals surface area contributed by atoms with Crippen molar-refractivity contribution in [1.29, 1.82) is 0 Å². The quantitative estimate of drug-likeness (QED) is 0.859. The maximum Gasteiger partial charge on any atom is 0.123 e. The SMILES string of the molecule is CCOc1ccc(C(O)C(CN)c2cccc(F)c2)cc1. The van der Waals surface area contributed by atoms with E-state index in [1.54, 1.807) is 36.4 Å². The van der Waals surface area contributed by atoms with Gasteiger partial charge in [0.2, 0.25) is 0 Å². The normalized spacial score (nSPS) is 13.7. The number of aliphatic hydroxyl groups excluding tert-OH is 1. The molecule has 112 valence electrons. The molecular weight excluding hydrogens is 269 g/mol. The van der Waals surface area contributed by atoms with Crippen LogP contribution < -0.4 is 10.5 Å². The molecule has 2 aromatic rings. The maximum absolute atomic E-state index is 13.3. The minimum Gasteiger partial charge on any atom is -0.494 e. The van der Waals surface area contributed by atoms with Crippen LogP contribution in [0.15, 0.2) is 48.5 Å². The zero-order valence-electron chi connectivity index (χ0n) is 12.0. The highest BCUT2D eigenvalue weighted by Gasteiger charge is 2.21. The molecule has 2 unspecified atom stereocenters. The molecule has 0 heterocycles. The van der Waals surface area contributed by atoms with E-state index in [1.165, 1.54) is 12.1 Å². The molecule has 0 bridgehead atoms. The van der Waals surface area contributed by atoms with Crippen LogP contribution in [0.4, 0.5) is 4.39 Å². The lowest BCUT2D eigenvalue weighted by Gasteiger charge is -2.22. The van der Waals surface area contributed by atoms with Crippen LogP contribution in [0.1, 0.15) is 30.1 Å². The summed E-state index contributed by atoms with van der Waals surface area (Å²) in [5.74, 6) is 0.0759. The third kappa shape index (κ3) is 3.80. The van der Waals surface area contributed by atoms with Gasteiger partial charge >= 0.3 is 0 Å². The molecule has 3 nitrogen and oxygen atoms in total. The van der Waals surface area contributed by atoms with Crippen LogP contribution in [0, 0.1) is 5.82 Å². The Kier molecular flexibility index (Phi) is 5.31. The Balaban J connectivity index is 2.21. The highest BCUT2D eigenvalue weighted by Crippen LogP contribution is 2.31. The average molecular weight is 289 g/mol. The molecule has 2 rings (SSSR count). The van der Waals surface area contributed by atoms with Gasteiger partial charge in [0.15, 0.2) is 0 Å². The third-order valence-electron chi connectivity index (χ3n) is 3.44. The second kappa shape index (κ2) is 7.20. The summed E-state index contributed by atoms with van der Waals surface area (Å²) in [7, 11) is 0. The number of halogens is 1. The van der Waals surface area contributed by atoms with E-state index in [0.717, 1.165) is 11.3 Å². The molecule has 0 aliphatic heterocycles. The lowest BCUT2D eigenvalue weighted by molar-refractivity contribution is 0.147. The standard InChI is InChI=1S/C17H20FNO2/c1-2-21-15-8-6-12(7-9-15)17(20)16(11-19)13-4-3-5-14(18)10-13/h3-10,16-17,20H,2,11,19H2,1H3. The van der Waals surface area contributed by atoms with E-state index in [2.05, 4.69) is 0 Å². The van der Waals surface area contributed by atoms with Crippen molar-refractivity contribution >= 4 is 0 Å². The van der Waals surface area contributed by atoms with Gasteiger partial charge in [0.1, 0.15) is 11.6 Å². The Bertz CT molecular complexity index is 571. The number of ether oxygens (including phenoxy) is 1. The summed E-state index contributed by atoms with van der Waals surface area (Å²) in [6, 6.07) is 13.4. The van der Waals surface area contributed by atoms with Gasteiger partial charge in [0.25, 0.3) is 0 Å². The van der Waals surface area contributed by atoms with Gasteiger partial charge in [0.05, 0.1) is 12.7 Å². The van der Waals surface area contributed by atoms with Gasteiger partial charge in [-0.3, -0.25) is 0 Å². The van der Waals surface area contributed by atoms with E-state index in [9.17, 15) is 9.50 Å². The smallest absolute Gasteiger partial charge is 0.123 e. The Morgan fingerprint density at radius 3 is 2.43 bits per heavy atom. The second-order valence-electron chi connectivity index (χ2n) is 4.84. The Morgan fingerprint density at radius 2 is 1.86 bits per heavy atom. The molecule has 0 aromatic heterocycles. The predicted molar refractivity (Wildman–Crippen MR) is 80.8 cm³/mol. The minimum atomic E-state index is -0.785. The summed E-state index contributed by atoms with van der Waals surface area (Å²) >= 11 is 0. The predicted octanol–water partition coefficient (Wildman–Crippen LogP) is 3.00. The monoisotopic (exact) mass is 289 g/mol. The van der Waals surface area contributed by atoms with Crippen LogP contribution in [0.5, 0.6) is 5.75 Å². The van der Waals surface area contributed by atoms with Crippen LogP contribution in [-0.4, -0.2) is 18.3 Å². The van der Waals surface area contributed by atoms with Gasteiger partial charge in [-0.25, -0.2) is 4.39 Å². The highest BCUT2D eigenvalue weighted by atomic mass is 19.1. The Hall–Kier alpha value is -1.91. The number of benzene rings is 2. The number of nitrogens with two attached hydrogens (primary N) is 1. The summed E-state index contributed by atoms with van der Waals surface area (Å²) in [5.41, 5.74) is 7.19.